The number of allylic oxidation sites excluding steroid dienone is 3. The first-order chi connectivity index (χ1) is 12.6. The van der Waals surface area contributed by atoms with Crippen molar-refractivity contribution in [3.63, 3.8) is 0 Å². The summed E-state index contributed by atoms with van der Waals surface area (Å²) in [4.78, 5) is 11.3. The summed E-state index contributed by atoms with van der Waals surface area (Å²) in [7, 11) is 0. The molecule has 0 aromatic heterocycles. The SMILES string of the molecule is C/C=C\CC(=N/C(=N)N1C(CC)CCC1CC[C@H](C)/C=C\C)/N=C/CC. The van der Waals surface area contributed by atoms with Crippen LogP contribution < -0.4 is 0 Å². The first kappa shape index (κ1) is 22.3. The molecule has 4 heteroatoms. The molecule has 1 heterocycles. The Hall–Kier alpha value is -1.71. The summed E-state index contributed by atoms with van der Waals surface area (Å²) in [6.45, 7) is 10.6. The van der Waals surface area contributed by atoms with Crippen molar-refractivity contribution >= 4 is 18.0 Å². The Balaban J connectivity index is 2.89. The molecule has 1 aliphatic rings. The summed E-state index contributed by atoms with van der Waals surface area (Å²) in [6.07, 6.45) is 17.6. The maximum Gasteiger partial charge on any atom is 0.220 e. The van der Waals surface area contributed by atoms with Crippen LogP contribution in [0.3, 0.4) is 0 Å². The van der Waals surface area contributed by atoms with Crippen LogP contribution in [0, 0.1) is 11.3 Å². The molecule has 0 aromatic rings. The molecule has 4 nitrogen and oxygen atoms in total. The molecule has 0 radical (unpaired) electrons. The summed E-state index contributed by atoms with van der Waals surface area (Å²) < 4.78 is 0. The maximum atomic E-state index is 8.64. The molecule has 0 saturated carbocycles. The molecule has 0 aromatic carbocycles. The van der Waals surface area contributed by atoms with Gasteiger partial charge in [0.15, 0.2) is 0 Å². The van der Waals surface area contributed by atoms with E-state index in [1.54, 1.807) is 0 Å². The third kappa shape index (κ3) is 7.27. The number of guanidine groups is 1. The lowest BCUT2D eigenvalue weighted by molar-refractivity contribution is 0.281. The standard InChI is InChI=1S/C22H38N4/c1-6-10-12-21(24-17-8-3)25-22(23)26-19(9-4)15-16-20(26)14-13-18(5)11-7-2/h6-7,10-11,17-20,23H,8-9,12-16H2,1-5H3/b10-6-,11-7-,23-22?,24-17+,25-21-/t18-,19?,20?/m1/s1. The highest BCUT2D eigenvalue weighted by Gasteiger charge is 2.34. The van der Waals surface area contributed by atoms with Gasteiger partial charge in [0, 0.05) is 24.7 Å². The Labute approximate surface area is 160 Å². The first-order valence-electron chi connectivity index (χ1n) is 10.3. The van der Waals surface area contributed by atoms with E-state index in [0.717, 1.165) is 25.1 Å². The van der Waals surface area contributed by atoms with Crippen molar-refractivity contribution in [2.24, 2.45) is 15.9 Å². The monoisotopic (exact) mass is 358 g/mol. The molecule has 2 unspecified atom stereocenters. The fourth-order valence-corrected chi connectivity index (χ4v) is 3.60. The fourth-order valence-electron chi connectivity index (χ4n) is 3.60. The first-order valence-corrected chi connectivity index (χ1v) is 10.3. The van der Waals surface area contributed by atoms with Crippen LogP contribution in [0.25, 0.3) is 0 Å². The van der Waals surface area contributed by atoms with Crippen molar-refractivity contribution in [2.75, 3.05) is 0 Å². The predicted molar refractivity (Wildman–Crippen MR) is 116 cm³/mol. The number of amidine groups is 1. The second-order valence-electron chi connectivity index (χ2n) is 7.13. The Morgan fingerprint density at radius 1 is 1.19 bits per heavy atom. The van der Waals surface area contributed by atoms with E-state index < -0.39 is 0 Å². The third-order valence-electron chi connectivity index (χ3n) is 5.01. The van der Waals surface area contributed by atoms with Crippen LogP contribution in [0.4, 0.5) is 0 Å². The van der Waals surface area contributed by atoms with Gasteiger partial charge in [0.2, 0.25) is 5.96 Å². The van der Waals surface area contributed by atoms with Crippen LogP contribution in [-0.4, -0.2) is 35.0 Å². The van der Waals surface area contributed by atoms with E-state index in [1.807, 2.05) is 19.2 Å². The summed E-state index contributed by atoms with van der Waals surface area (Å²) in [5.74, 6) is 1.73. The molecule has 0 aliphatic carbocycles. The Kier molecular flexibility index (Phi) is 10.8. The third-order valence-corrected chi connectivity index (χ3v) is 5.01. The number of likely N-dealkylation sites (tertiary alicyclic amines) is 1. The predicted octanol–water partition coefficient (Wildman–Crippen LogP) is 6.00. The lowest BCUT2D eigenvalue weighted by atomic mass is 10.00. The van der Waals surface area contributed by atoms with Crippen molar-refractivity contribution < 1.29 is 0 Å². The maximum absolute atomic E-state index is 8.64. The Morgan fingerprint density at radius 3 is 2.54 bits per heavy atom. The van der Waals surface area contributed by atoms with Crippen molar-refractivity contribution in [1.82, 2.24) is 4.90 Å². The smallest absolute Gasteiger partial charge is 0.220 e. The van der Waals surface area contributed by atoms with Gasteiger partial charge in [-0.15, -0.1) is 0 Å². The number of rotatable bonds is 8. The summed E-state index contributed by atoms with van der Waals surface area (Å²) in [5.41, 5.74) is 0. The molecular formula is C22H38N4. The van der Waals surface area contributed by atoms with E-state index in [0.29, 0.717) is 30.4 Å². The second kappa shape index (κ2) is 12.6. The van der Waals surface area contributed by atoms with Crippen LogP contribution in [0.1, 0.15) is 79.6 Å². The molecule has 1 saturated heterocycles. The van der Waals surface area contributed by atoms with E-state index in [-0.39, 0.29) is 0 Å². The molecule has 1 rings (SSSR count). The lowest BCUT2D eigenvalue weighted by Gasteiger charge is -2.30. The van der Waals surface area contributed by atoms with Crippen molar-refractivity contribution in [3.8, 4) is 0 Å². The van der Waals surface area contributed by atoms with Crippen molar-refractivity contribution in [3.05, 3.63) is 24.3 Å². The lowest BCUT2D eigenvalue weighted by Crippen LogP contribution is -2.40. The van der Waals surface area contributed by atoms with Gasteiger partial charge in [-0.3, -0.25) is 5.41 Å². The molecule has 3 atom stereocenters. The molecule has 26 heavy (non-hydrogen) atoms. The summed E-state index contributed by atoms with van der Waals surface area (Å²) in [6, 6.07) is 0.869. The minimum absolute atomic E-state index is 0.394. The quantitative estimate of drug-likeness (QED) is 0.323. The molecule has 0 spiro atoms. The minimum atomic E-state index is 0.394. The normalized spacial score (nSPS) is 23.0. The molecule has 1 N–H and O–H groups in total. The zero-order valence-electron chi connectivity index (χ0n) is 17.4. The van der Waals surface area contributed by atoms with Crippen LogP contribution in [0.2, 0.25) is 0 Å². The molecule has 146 valence electrons. The van der Waals surface area contributed by atoms with E-state index in [2.05, 4.69) is 60.8 Å². The highest BCUT2D eigenvalue weighted by atomic mass is 15.3. The van der Waals surface area contributed by atoms with E-state index in [4.69, 9.17) is 5.41 Å². The van der Waals surface area contributed by atoms with Crippen molar-refractivity contribution in [1.29, 1.82) is 5.41 Å². The van der Waals surface area contributed by atoms with Gasteiger partial charge in [-0.2, -0.15) is 4.99 Å². The number of hydrogen-bond donors (Lipinski definition) is 1. The van der Waals surface area contributed by atoms with Gasteiger partial charge in [-0.1, -0.05) is 45.1 Å². The number of aliphatic imine (C=N–C) groups is 2. The van der Waals surface area contributed by atoms with Gasteiger partial charge >= 0.3 is 0 Å². The topological polar surface area (TPSA) is 51.8 Å². The van der Waals surface area contributed by atoms with Crippen LogP contribution in [0.15, 0.2) is 34.3 Å². The number of nitrogens with zero attached hydrogens (tertiary/aromatic N) is 3. The molecule has 1 aliphatic heterocycles. The molecule has 0 amide bonds. The largest absolute Gasteiger partial charge is 0.335 e. The van der Waals surface area contributed by atoms with Gasteiger partial charge in [0.25, 0.3) is 0 Å². The highest BCUT2D eigenvalue weighted by molar-refractivity contribution is 5.99. The van der Waals surface area contributed by atoms with Crippen LogP contribution in [0.5, 0.6) is 0 Å². The summed E-state index contributed by atoms with van der Waals surface area (Å²) >= 11 is 0. The average molecular weight is 359 g/mol. The van der Waals surface area contributed by atoms with Gasteiger partial charge in [-0.05, 0) is 58.3 Å². The molecule has 0 bridgehead atoms. The summed E-state index contributed by atoms with van der Waals surface area (Å²) in [5, 5.41) is 8.64. The second-order valence-corrected chi connectivity index (χ2v) is 7.13. The van der Waals surface area contributed by atoms with Gasteiger partial charge < -0.3 is 4.90 Å². The zero-order chi connectivity index (χ0) is 19.4. The minimum Gasteiger partial charge on any atom is -0.335 e. The van der Waals surface area contributed by atoms with Crippen molar-refractivity contribution in [2.45, 2.75) is 91.6 Å². The Bertz CT molecular complexity index is 530. The van der Waals surface area contributed by atoms with Gasteiger partial charge in [0.05, 0.1) is 0 Å². The van der Waals surface area contributed by atoms with Crippen LogP contribution in [-0.2, 0) is 0 Å². The van der Waals surface area contributed by atoms with Gasteiger partial charge in [0.1, 0.15) is 5.84 Å². The fraction of sp³-hybridized carbons (Fsp3) is 0.682. The molecular weight excluding hydrogens is 320 g/mol. The number of hydrogen-bond acceptors (Lipinski definition) is 1. The average Bonchev–Trinajstić information content (AvgIpc) is 3.05. The van der Waals surface area contributed by atoms with Gasteiger partial charge in [-0.25, -0.2) is 4.99 Å². The zero-order valence-corrected chi connectivity index (χ0v) is 17.4. The Morgan fingerprint density at radius 2 is 1.92 bits per heavy atom. The van der Waals surface area contributed by atoms with Crippen LogP contribution >= 0.6 is 0 Å². The van der Waals surface area contributed by atoms with E-state index >= 15 is 0 Å². The van der Waals surface area contributed by atoms with E-state index in [9.17, 15) is 0 Å². The molecule has 1 fully saturated rings. The highest BCUT2D eigenvalue weighted by Crippen LogP contribution is 2.30. The number of nitrogens with one attached hydrogen (secondary N) is 1. The van der Waals surface area contributed by atoms with E-state index in [1.165, 1.54) is 19.3 Å².